The standard InChI is InChI=1S/C15H21NOS2/c1-12-2-4-14(5-3-12)17-15-8-16(9-15)13-10-18-6-7-19-11-13/h2-5,13,15H,6-11H2,1H3. The van der Waals surface area contributed by atoms with E-state index < -0.39 is 0 Å². The van der Waals surface area contributed by atoms with Crippen LogP contribution in [0.4, 0.5) is 0 Å². The normalized spacial score (nSPS) is 22.8. The number of thioether (sulfide) groups is 2. The fourth-order valence-corrected chi connectivity index (χ4v) is 5.09. The summed E-state index contributed by atoms with van der Waals surface area (Å²) in [4.78, 5) is 2.59. The molecule has 2 fully saturated rings. The molecule has 0 bridgehead atoms. The number of ether oxygens (including phenoxy) is 1. The van der Waals surface area contributed by atoms with E-state index in [9.17, 15) is 0 Å². The van der Waals surface area contributed by atoms with E-state index in [0.717, 1.165) is 24.9 Å². The van der Waals surface area contributed by atoms with Crippen LogP contribution in [-0.4, -0.2) is 53.1 Å². The van der Waals surface area contributed by atoms with Gasteiger partial charge in [0.1, 0.15) is 11.9 Å². The molecule has 2 aliphatic rings. The third-order valence-corrected chi connectivity index (χ3v) is 6.19. The van der Waals surface area contributed by atoms with Crippen LogP contribution in [0.25, 0.3) is 0 Å². The van der Waals surface area contributed by atoms with Gasteiger partial charge in [0.2, 0.25) is 0 Å². The first-order valence-corrected chi connectivity index (χ1v) is 9.25. The van der Waals surface area contributed by atoms with E-state index in [-0.39, 0.29) is 0 Å². The molecule has 1 aromatic rings. The van der Waals surface area contributed by atoms with Crippen molar-refractivity contribution in [3.8, 4) is 5.75 Å². The molecule has 0 aliphatic carbocycles. The average Bonchev–Trinajstić information content (AvgIpc) is 2.64. The Hall–Kier alpha value is -0.320. The van der Waals surface area contributed by atoms with Crippen LogP contribution < -0.4 is 4.74 Å². The zero-order chi connectivity index (χ0) is 13.1. The molecule has 0 unspecified atom stereocenters. The molecule has 0 atom stereocenters. The second-order valence-electron chi connectivity index (χ2n) is 5.31. The molecule has 0 N–H and O–H groups in total. The summed E-state index contributed by atoms with van der Waals surface area (Å²) < 4.78 is 6.00. The lowest BCUT2D eigenvalue weighted by Gasteiger charge is -2.43. The summed E-state index contributed by atoms with van der Waals surface area (Å²) in [6.07, 6.45) is 0.390. The molecule has 2 nitrogen and oxygen atoms in total. The van der Waals surface area contributed by atoms with Gasteiger partial charge in [0.25, 0.3) is 0 Å². The van der Waals surface area contributed by atoms with Crippen molar-refractivity contribution in [2.24, 2.45) is 0 Å². The van der Waals surface area contributed by atoms with Crippen molar-refractivity contribution >= 4 is 23.5 Å². The van der Waals surface area contributed by atoms with Crippen LogP contribution in [0.1, 0.15) is 5.56 Å². The van der Waals surface area contributed by atoms with E-state index >= 15 is 0 Å². The Morgan fingerprint density at radius 1 is 1.05 bits per heavy atom. The van der Waals surface area contributed by atoms with E-state index in [1.807, 2.05) is 0 Å². The third kappa shape index (κ3) is 3.61. The Morgan fingerprint density at radius 3 is 2.32 bits per heavy atom. The molecule has 104 valence electrons. The predicted octanol–water partition coefficient (Wildman–Crippen LogP) is 2.91. The minimum Gasteiger partial charge on any atom is -0.488 e. The highest BCUT2D eigenvalue weighted by molar-refractivity contribution is 8.03. The third-order valence-electron chi connectivity index (χ3n) is 3.71. The summed E-state index contributed by atoms with van der Waals surface area (Å²) in [5.74, 6) is 6.24. The smallest absolute Gasteiger partial charge is 0.124 e. The molecule has 2 saturated heterocycles. The average molecular weight is 295 g/mol. The number of rotatable bonds is 3. The van der Waals surface area contributed by atoms with Gasteiger partial charge in [-0.05, 0) is 19.1 Å². The molecule has 2 aliphatic heterocycles. The van der Waals surface area contributed by atoms with Crippen LogP contribution in [0.3, 0.4) is 0 Å². The van der Waals surface area contributed by atoms with E-state index in [0.29, 0.717) is 6.10 Å². The monoisotopic (exact) mass is 295 g/mol. The van der Waals surface area contributed by atoms with Crippen molar-refractivity contribution < 1.29 is 4.74 Å². The van der Waals surface area contributed by atoms with Gasteiger partial charge in [-0.3, -0.25) is 4.90 Å². The lowest BCUT2D eigenvalue weighted by Crippen LogP contribution is -2.59. The topological polar surface area (TPSA) is 12.5 Å². The molecular formula is C15H21NOS2. The first-order valence-electron chi connectivity index (χ1n) is 6.94. The second kappa shape index (κ2) is 6.42. The number of hydrogen-bond donors (Lipinski definition) is 0. The molecule has 1 aromatic carbocycles. The van der Waals surface area contributed by atoms with Crippen molar-refractivity contribution in [2.75, 3.05) is 36.1 Å². The summed E-state index contributed by atoms with van der Waals surface area (Å²) in [5.41, 5.74) is 1.29. The quantitative estimate of drug-likeness (QED) is 0.849. The molecule has 0 saturated carbocycles. The van der Waals surface area contributed by atoms with Gasteiger partial charge in [0.15, 0.2) is 0 Å². The van der Waals surface area contributed by atoms with E-state index in [1.54, 1.807) is 0 Å². The summed E-state index contributed by atoms with van der Waals surface area (Å²) in [6, 6.07) is 9.15. The fraction of sp³-hybridized carbons (Fsp3) is 0.600. The SMILES string of the molecule is Cc1ccc(OC2CN(C3CSCCSC3)C2)cc1. The Kier molecular flexibility index (Phi) is 4.61. The minimum absolute atomic E-state index is 0.390. The van der Waals surface area contributed by atoms with Gasteiger partial charge in [0, 0.05) is 42.1 Å². The van der Waals surface area contributed by atoms with Gasteiger partial charge in [0.05, 0.1) is 0 Å². The molecule has 0 aromatic heterocycles. The van der Waals surface area contributed by atoms with Gasteiger partial charge < -0.3 is 4.74 Å². The molecule has 19 heavy (non-hydrogen) atoms. The molecular weight excluding hydrogens is 274 g/mol. The summed E-state index contributed by atoms with van der Waals surface area (Å²) in [5, 5.41) is 0. The van der Waals surface area contributed by atoms with Crippen molar-refractivity contribution in [1.82, 2.24) is 4.90 Å². The van der Waals surface area contributed by atoms with E-state index in [4.69, 9.17) is 4.74 Å². The largest absolute Gasteiger partial charge is 0.488 e. The fourth-order valence-electron chi connectivity index (χ4n) is 2.47. The molecule has 4 heteroatoms. The Labute approximate surface area is 124 Å². The van der Waals surface area contributed by atoms with Gasteiger partial charge in [-0.15, -0.1) is 0 Å². The maximum Gasteiger partial charge on any atom is 0.124 e. The Bertz CT molecular complexity index is 395. The van der Waals surface area contributed by atoms with E-state index in [2.05, 4.69) is 59.6 Å². The highest BCUT2D eigenvalue weighted by Crippen LogP contribution is 2.26. The first kappa shape index (κ1) is 13.7. The van der Waals surface area contributed by atoms with Crippen molar-refractivity contribution in [3.05, 3.63) is 29.8 Å². The number of aryl methyl sites for hydroxylation is 1. The lowest BCUT2D eigenvalue weighted by atomic mass is 10.1. The first-order chi connectivity index (χ1) is 9.31. The van der Waals surface area contributed by atoms with Gasteiger partial charge in [-0.1, -0.05) is 17.7 Å². The maximum atomic E-state index is 6.00. The molecule has 2 heterocycles. The van der Waals surface area contributed by atoms with Gasteiger partial charge in [-0.2, -0.15) is 23.5 Å². The van der Waals surface area contributed by atoms with Crippen LogP contribution >= 0.6 is 23.5 Å². The Morgan fingerprint density at radius 2 is 1.68 bits per heavy atom. The zero-order valence-electron chi connectivity index (χ0n) is 11.4. The van der Waals surface area contributed by atoms with Gasteiger partial charge in [-0.25, -0.2) is 0 Å². The molecule has 0 amide bonds. The van der Waals surface area contributed by atoms with Crippen LogP contribution in [0.15, 0.2) is 24.3 Å². The zero-order valence-corrected chi connectivity index (χ0v) is 13.0. The van der Waals surface area contributed by atoms with E-state index in [1.165, 1.54) is 28.6 Å². The van der Waals surface area contributed by atoms with Crippen LogP contribution in [-0.2, 0) is 0 Å². The van der Waals surface area contributed by atoms with Crippen molar-refractivity contribution in [3.63, 3.8) is 0 Å². The summed E-state index contributed by atoms with van der Waals surface area (Å²) in [6.45, 7) is 4.30. The summed E-state index contributed by atoms with van der Waals surface area (Å²) in [7, 11) is 0. The maximum absolute atomic E-state index is 6.00. The van der Waals surface area contributed by atoms with Crippen molar-refractivity contribution in [2.45, 2.75) is 19.1 Å². The highest BCUT2D eigenvalue weighted by Gasteiger charge is 2.34. The highest BCUT2D eigenvalue weighted by atomic mass is 32.2. The molecule has 3 rings (SSSR count). The number of likely N-dealkylation sites (tertiary alicyclic amines) is 1. The lowest BCUT2D eigenvalue weighted by molar-refractivity contribution is 0.00253. The van der Waals surface area contributed by atoms with Crippen LogP contribution in [0.2, 0.25) is 0 Å². The molecule has 0 radical (unpaired) electrons. The predicted molar refractivity (Wildman–Crippen MR) is 85.6 cm³/mol. The minimum atomic E-state index is 0.390. The number of benzene rings is 1. The summed E-state index contributed by atoms with van der Waals surface area (Å²) >= 11 is 4.21. The van der Waals surface area contributed by atoms with Crippen molar-refractivity contribution in [1.29, 1.82) is 0 Å². The van der Waals surface area contributed by atoms with Crippen LogP contribution in [0.5, 0.6) is 5.75 Å². The second-order valence-corrected chi connectivity index (χ2v) is 7.61. The van der Waals surface area contributed by atoms with Gasteiger partial charge >= 0.3 is 0 Å². The Balaban J connectivity index is 1.45. The number of hydrogen-bond acceptors (Lipinski definition) is 4. The number of nitrogens with zero attached hydrogens (tertiary/aromatic N) is 1. The van der Waals surface area contributed by atoms with Crippen LogP contribution in [0, 0.1) is 6.92 Å². The molecule has 0 spiro atoms.